The summed E-state index contributed by atoms with van der Waals surface area (Å²) in [5.74, 6) is -0.607. The molecule has 1 aromatic rings. The molecule has 0 fully saturated rings. The smallest absolute Gasteiger partial charge is 0.251 e. The molecule has 0 aliphatic rings. The summed E-state index contributed by atoms with van der Waals surface area (Å²) in [6, 6.07) is 8.17. The third-order valence-electron chi connectivity index (χ3n) is 4.18. The lowest BCUT2D eigenvalue weighted by Gasteiger charge is -2.28. The van der Waals surface area contributed by atoms with E-state index in [2.05, 4.69) is 10.6 Å². The van der Waals surface area contributed by atoms with E-state index in [1.807, 2.05) is 33.8 Å². The molecule has 3 N–H and O–H groups in total. The van der Waals surface area contributed by atoms with E-state index < -0.39 is 11.6 Å². The van der Waals surface area contributed by atoms with Gasteiger partial charge in [0.05, 0.1) is 5.60 Å². The Labute approximate surface area is 138 Å². The minimum absolute atomic E-state index is 0.0565. The first-order chi connectivity index (χ1) is 10.8. The van der Waals surface area contributed by atoms with Crippen LogP contribution in [-0.4, -0.2) is 35.1 Å². The second-order valence-electron chi connectivity index (χ2n) is 6.21. The van der Waals surface area contributed by atoms with E-state index in [9.17, 15) is 14.7 Å². The molecule has 23 heavy (non-hydrogen) atoms. The van der Waals surface area contributed by atoms with Crippen molar-refractivity contribution in [3.63, 3.8) is 0 Å². The maximum atomic E-state index is 12.4. The van der Waals surface area contributed by atoms with E-state index in [0.29, 0.717) is 18.4 Å². The Kier molecular flexibility index (Phi) is 7.23. The van der Waals surface area contributed by atoms with Gasteiger partial charge in [0.1, 0.15) is 6.04 Å². The standard InChI is InChI=1S/C18H28N2O3/c1-5-18(23,6-2)12-19-17(22)15(13(3)4)20-16(21)14-10-8-7-9-11-14/h7-11,13,15,23H,5-6,12H2,1-4H3,(H,19,22)(H,20,21). The monoisotopic (exact) mass is 320 g/mol. The summed E-state index contributed by atoms with van der Waals surface area (Å²) in [4.78, 5) is 24.6. The SMILES string of the molecule is CCC(O)(CC)CNC(=O)C(NC(=O)c1ccccc1)C(C)C. The summed E-state index contributed by atoms with van der Waals surface area (Å²) in [6.45, 7) is 7.70. The van der Waals surface area contributed by atoms with Crippen molar-refractivity contribution in [2.45, 2.75) is 52.2 Å². The first-order valence-electron chi connectivity index (χ1n) is 8.19. The zero-order chi connectivity index (χ0) is 17.5. The van der Waals surface area contributed by atoms with Crippen LogP contribution in [0.4, 0.5) is 0 Å². The number of benzene rings is 1. The molecule has 0 saturated heterocycles. The normalized spacial score (nSPS) is 12.8. The largest absolute Gasteiger partial charge is 0.388 e. The van der Waals surface area contributed by atoms with E-state index in [4.69, 9.17) is 0 Å². The van der Waals surface area contributed by atoms with Gasteiger partial charge >= 0.3 is 0 Å². The Bertz CT molecular complexity index is 510. The molecule has 128 valence electrons. The number of hydrogen-bond donors (Lipinski definition) is 3. The first kappa shape index (κ1) is 19.2. The van der Waals surface area contributed by atoms with Crippen LogP contribution >= 0.6 is 0 Å². The second kappa shape index (κ2) is 8.67. The number of nitrogens with one attached hydrogen (secondary N) is 2. The molecule has 0 radical (unpaired) electrons. The molecule has 5 nitrogen and oxygen atoms in total. The van der Waals surface area contributed by atoms with Crippen LogP contribution in [0.15, 0.2) is 30.3 Å². The van der Waals surface area contributed by atoms with Gasteiger partial charge in [0.25, 0.3) is 5.91 Å². The van der Waals surface area contributed by atoms with Crippen molar-refractivity contribution in [1.29, 1.82) is 0 Å². The average molecular weight is 320 g/mol. The van der Waals surface area contributed by atoms with Gasteiger partial charge in [0.15, 0.2) is 0 Å². The van der Waals surface area contributed by atoms with Crippen LogP contribution in [0.2, 0.25) is 0 Å². The highest BCUT2D eigenvalue weighted by molar-refractivity contribution is 5.97. The molecule has 1 aromatic carbocycles. The Morgan fingerprint density at radius 3 is 2.17 bits per heavy atom. The summed E-state index contributed by atoms with van der Waals surface area (Å²) in [5.41, 5.74) is -0.384. The molecule has 0 heterocycles. The fourth-order valence-electron chi connectivity index (χ4n) is 2.21. The third kappa shape index (κ3) is 5.67. The molecule has 2 amide bonds. The highest BCUT2D eigenvalue weighted by Gasteiger charge is 2.28. The van der Waals surface area contributed by atoms with E-state index in [1.54, 1.807) is 24.3 Å². The minimum atomic E-state index is -0.902. The van der Waals surface area contributed by atoms with Crippen LogP contribution < -0.4 is 10.6 Å². The number of amides is 2. The molecule has 0 bridgehead atoms. The molecule has 0 aliphatic carbocycles. The molecular formula is C18H28N2O3. The maximum Gasteiger partial charge on any atom is 0.251 e. The lowest BCUT2D eigenvalue weighted by molar-refractivity contribution is -0.125. The van der Waals surface area contributed by atoms with Crippen LogP contribution in [0, 0.1) is 5.92 Å². The van der Waals surface area contributed by atoms with Gasteiger partial charge in [-0.1, -0.05) is 45.9 Å². The zero-order valence-corrected chi connectivity index (χ0v) is 14.4. The van der Waals surface area contributed by atoms with Crippen LogP contribution in [0.1, 0.15) is 50.9 Å². The van der Waals surface area contributed by atoms with Crippen molar-refractivity contribution in [3.8, 4) is 0 Å². The van der Waals surface area contributed by atoms with Gasteiger partial charge in [-0.2, -0.15) is 0 Å². The van der Waals surface area contributed by atoms with Gasteiger partial charge < -0.3 is 15.7 Å². The van der Waals surface area contributed by atoms with Crippen LogP contribution in [0.5, 0.6) is 0 Å². The Morgan fingerprint density at radius 1 is 1.13 bits per heavy atom. The number of aliphatic hydroxyl groups is 1. The average Bonchev–Trinajstić information content (AvgIpc) is 2.57. The van der Waals surface area contributed by atoms with E-state index in [0.717, 1.165) is 0 Å². The van der Waals surface area contributed by atoms with Gasteiger partial charge in [-0.3, -0.25) is 9.59 Å². The van der Waals surface area contributed by atoms with Crippen molar-refractivity contribution in [3.05, 3.63) is 35.9 Å². The quantitative estimate of drug-likeness (QED) is 0.686. The highest BCUT2D eigenvalue weighted by atomic mass is 16.3. The molecule has 1 rings (SSSR count). The van der Waals surface area contributed by atoms with Crippen molar-refractivity contribution in [2.24, 2.45) is 5.92 Å². The molecule has 1 unspecified atom stereocenters. The molecule has 0 aliphatic heterocycles. The van der Waals surface area contributed by atoms with Crippen molar-refractivity contribution >= 4 is 11.8 Å². The lowest BCUT2D eigenvalue weighted by atomic mass is 9.96. The van der Waals surface area contributed by atoms with Crippen molar-refractivity contribution < 1.29 is 14.7 Å². The number of rotatable bonds is 8. The lowest BCUT2D eigenvalue weighted by Crippen LogP contribution is -2.52. The van der Waals surface area contributed by atoms with Gasteiger partial charge in [0, 0.05) is 12.1 Å². The van der Waals surface area contributed by atoms with Crippen LogP contribution in [0.25, 0.3) is 0 Å². The summed E-state index contributed by atoms with van der Waals surface area (Å²) >= 11 is 0. The summed E-state index contributed by atoms with van der Waals surface area (Å²) in [6.07, 6.45) is 1.12. The fourth-order valence-corrected chi connectivity index (χ4v) is 2.21. The van der Waals surface area contributed by atoms with Crippen LogP contribution in [0.3, 0.4) is 0 Å². The molecule has 0 aromatic heterocycles. The van der Waals surface area contributed by atoms with E-state index in [-0.39, 0.29) is 24.3 Å². The zero-order valence-electron chi connectivity index (χ0n) is 14.4. The number of carbonyl (C=O) groups is 2. The predicted molar refractivity (Wildman–Crippen MR) is 91.1 cm³/mol. The number of hydrogen-bond acceptors (Lipinski definition) is 3. The van der Waals surface area contributed by atoms with Crippen LogP contribution in [-0.2, 0) is 4.79 Å². The Hall–Kier alpha value is -1.88. The number of carbonyl (C=O) groups excluding carboxylic acids is 2. The van der Waals surface area contributed by atoms with E-state index >= 15 is 0 Å². The summed E-state index contributed by atoms with van der Waals surface area (Å²) in [7, 11) is 0. The molecule has 5 heteroatoms. The first-order valence-corrected chi connectivity index (χ1v) is 8.19. The van der Waals surface area contributed by atoms with Gasteiger partial charge in [0.2, 0.25) is 5.91 Å². The van der Waals surface area contributed by atoms with Gasteiger partial charge in [-0.05, 0) is 30.9 Å². The maximum absolute atomic E-state index is 12.4. The molecule has 0 spiro atoms. The van der Waals surface area contributed by atoms with Crippen molar-refractivity contribution in [2.75, 3.05) is 6.54 Å². The van der Waals surface area contributed by atoms with Gasteiger partial charge in [-0.15, -0.1) is 0 Å². The fraction of sp³-hybridized carbons (Fsp3) is 0.556. The molecule has 1 atom stereocenters. The topological polar surface area (TPSA) is 78.4 Å². The highest BCUT2D eigenvalue weighted by Crippen LogP contribution is 2.13. The molecule has 0 saturated carbocycles. The Balaban J connectivity index is 2.71. The molecular weight excluding hydrogens is 292 g/mol. The Morgan fingerprint density at radius 2 is 1.70 bits per heavy atom. The predicted octanol–water partition coefficient (Wildman–Crippen LogP) is 2.11. The second-order valence-corrected chi connectivity index (χ2v) is 6.21. The summed E-state index contributed by atoms with van der Waals surface area (Å²) in [5, 5.41) is 15.8. The van der Waals surface area contributed by atoms with Crippen molar-refractivity contribution in [1.82, 2.24) is 10.6 Å². The minimum Gasteiger partial charge on any atom is -0.388 e. The summed E-state index contributed by atoms with van der Waals surface area (Å²) < 4.78 is 0. The van der Waals surface area contributed by atoms with Gasteiger partial charge in [-0.25, -0.2) is 0 Å². The van der Waals surface area contributed by atoms with E-state index in [1.165, 1.54) is 0 Å². The third-order valence-corrected chi connectivity index (χ3v) is 4.18.